The summed E-state index contributed by atoms with van der Waals surface area (Å²) >= 11 is 5.87. The van der Waals surface area contributed by atoms with Crippen molar-refractivity contribution in [2.24, 2.45) is 5.92 Å². The summed E-state index contributed by atoms with van der Waals surface area (Å²) in [5.74, 6) is 0.188. The van der Waals surface area contributed by atoms with E-state index in [9.17, 15) is 5.26 Å². The predicted molar refractivity (Wildman–Crippen MR) is 79.1 cm³/mol. The minimum Gasteiger partial charge on any atom is -0.312 e. The summed E-state index contributed by atoms with van der Waals surface area (Å²) in [6.45, 7) is 0.935. The lowest BCUT2D eigenvalue weighted by Crippen LogP contribution is -2.36. The highest BCUT2D eigenvalue weighted by molar-refractivity contribution is 6.30. The molecule has 0 heterocycles. The molecule has 19 heavy (non-hydrogen) atoms. The molecule has 2 atom stereocenters. The van der Waals surface area contributed by atoms with E-state index in [0.29, 0.717) is 6.04 Å². The normalized spacial score (nSPS) is 23.6. The molecule has 0 amide bonds. The first kappa shape index (κ1) is 14.4. The molecule has 1 fully saturated rings. The number of hydrogen-bond donors (Lipinski definition) is 1. The van der Waals surface area contributed by atoms with Gasteiger partial charge in [-0.25, -0.2) is 0 Å². The van der Waals surface area contributed by atoms with Crippen LogP contribution < -0.4 is 5.32 Å². The van der Waals surface area contributed by atoms with Crippen molar-refractivity contribution in [2.45, 2.75) is 44.6 Å². The molecule has 1 aliphatic rings. The summed E-state index contributed by atoms with van der Waals surface area (Å²) in [6.07, 6.45) is 6.90. The summed E-state index contributed by atoms with van der Waals surface area (Å²) < 4.78 is 0. The molecule has 3 heteroatoms. The number of nitrogens with zero attached hydrogens (tertiary/aromatic N) is 1. The zero-order chi connectivity index (χ0) is 13.5. The lowest BCUT2D eigenvalue weighted by atomic mass is 9.96. The fourth-order valence-electron chi connectivity index (χ4n) is 2.76. The first-order chi connectivity index (χ1) is 9.29. The Balaban J connectivity index is 1.80. The molecule has 1 aromatic rings. The molecule has 1 saturated carbocycles. The molecule has 2 rings (SSSR count). The molecule has 0 bridgehead atoms. The van der Waals surface area contributed by atoms with Gasteiger partial charge in [-0.15, -0.1) is 0 Å². The Bertz CT molecular complexity index is 421. The first-order valence-electron chi connectivity index (χ1n) is 7.17. The van der Waals surface area contributed by atoms with E-state index in [0.717, 1.165) is 30.8 Å². The van der Waals surface area contributed by atoms with Crippen molar-refractivity contribution in [2.75, 3.05) is 6.54 Å². The maximum Gasteiger partial charge on any atom is 0.0672 e. The van der Waals surface area contributed by atoms with Gasteiger partial charge in [0.25, 0.3) is 0 Å². The predicted octanol–water partition coefficient (Wildman–Crippen LogP) is 3.94. The number of nitrogens with one attached hydrogen (secondary N) is 1. The first-order valence-corrected chi connectivity index (χ1v) is 7.55. The van der Waals surface area contributed by atoms with E-state index in [2.05, 4.69) is 23.5 Å². The van der Waals surface area contributed by atoms with Crippen LogP contribution >= 0.6 is 11.6 Å². The van der Waals surface area contributed by atoms with Crippen LogP contribution in [0.3, 0.4) is 0 Å². The summed E-state index contributed by atoms with van der Waals surface area (Å²) in [5, 5.41) is 13.6. The van der Waals surface area contributed by atoms with Gasteiger partial charge in [-0.05, 0) is 43.5 Å². The van der Waals surface area contributed by atoms with Gasteiger partial charge in [0.2, 0.25) is 0 Å². The molecule has 1 aliphatic carbocycles. The third-order valence-electron chi connectivity index (χ3n) is 3.92. The van der Waals surface area contributed by atoms with Gasteiger partial charge < -0.3 is 5.32 Å². The third-order valence-corrected chi connectivity index (χ3v) is 4.17. The average molecular weight is 277 g/mol. The lowest BCUT2D eigenvalue weighted by Gasteiger charge is -2.20. The largest absolute Gasteiger partial charge is 0.312 e. The number of hydrogen-bond acceptors (Lipinski definition) is 2. The van der Waals surface area contributed by atoms with Crippen LogP contribution in [0.25, 0.3) is 0 Å². The Labute approximate surface area is 120 Å². The molecule has 0 radical (unpaired) electrons. The van der Waals surface area contributed by atoms with Crippen LogP contribution in [0, 0.1) is 17.2 Å². The van der Waals surface area contributed by atoms with Crippen molar-refractivity contribution in [1.82, 2.24) is 5.32 Å². The number of benzene rings is 1. The van der Waals surface area contributed by atoms with Crippen molar-refractivity contribution in [1.29, 1.82) is 5.26 Å². The molecular formula is C16H21ClN2. The van der Waals surface area contributed by atoms with E-state index in [1.54, 1.807) is 0 Å². The second-order valence-electron chi connectivity index (χ2n) is 5.31. The number of nitriles is 1. The Morgan fingerprint density at radius 3 is 2.63 bits per heavy atom. The molecule has 102 valence electrons. The number of rotatable bonds is 4. The van der Waals surface area contributed by atoms with Crippen molar-refractivity contribution < 1.29 is 0 Å². The van der Waals surface area contributed by atoms with Gasteiger partial charge in [0.15, 0.2) is 0 Å². The van der Waals surface area contributed by atoms with E-state index < -0.39 is 0 Å². The van der Waals surface area contributed by atoms with E-state index in [1.807, 2.05) is 12.1 Å². The molecule has 1 aromatic carbocycles. The Morgan fingerprint density at radius 2 is 1.89 bits per heavy atom. The SMILES string of the molecule is N#CC1CCCCCC1NCCc1ccc(Cl)cc1. The second kappa shape index (κ2) is 7.53. The van der Waals surface area contributed by atoms with Crippen molar-refractivity contribution >= 4 is 11.6 Å². The van der Waals surface area contributed by atoms with Crippen LogP contribution in [0.4, 0.5) is 0 Å². The maximum absolute atomic E-state index is 9.23. The second-order valence-corrected chi connectivity index (χ2v) is 5.75. The number of halogens is 1. The summed E-state index contributed by atoms with van der Waals surface area (Å²) in [6, 6.07) is 10.8. The van der Waals surface area contributed by atoms with Crippen molar-refractivity contribution in [3.63, 3.8) is 0 Å². The minimum absolute atomic E-state index is 0.188. The van der Waals surface area contributed by atoms with Gasteiger partial charge in [0.1, 0.15) is 0 Å². The van der Waals surface area contributed by atoms with Crippen LogP contribution in [-0.2, 0) is 6.42 Å². The van der Waals surface area contributed by atoms with Crippen LogP contribution in [0.1, 0.15) is 37.7 Å². The summed E-state index contributed by atoms with van der Waals surface area (Å²) in [4.78, 5) is 0. The van der Waals surface area contributed by atoms with Gasteiger partial charge >= 0.3 is 0 Å². The third kappa shape index (κ3) is 4.53. The van der Waals surface area contributed by atoms with Gasteiger partial charge in [0, 0.05) is 11.1 Å². The Morgan fingerprint density at radius 1 is 1.16 bits per heavy atom. The maximum atomic E-state index is 9.23. The highest BCUT2D eigenvalue weighted by atomic mass is 35.5. The molecule has 0 spiro atoms. The molecule has 0 saturated heterocycles. The van der Waals surface area contributed by atoms with Crippen molar-refractivity contribution in [3.05, 3.63) is 34.9 Å². The molecule has 1 N–H and O–H groups in total. The topological polar surface area (TPSA) is 35.8 Å². The van der Waals surface area contributed by atoms with Gasteiger partial charge in [-0.1, -0.05) is 43.0 Å². The van der Waals surface area contributed by atoms with Crippen LogP contribution in [0.2, 0.25) is 5.02 Å². The molecular weight excluding hydrogens is 256 g/mol. The van der Waals surface area contributed by atoms with E-state index in [4.69, 9.17) is 11.6 Å². The molecule has 0 aliphatic heterocycles. The Hall–Kier alpha value is -1.04. The standard InChI is InChI=1S/C16H21ClN2/c17-15-8-6-13(7-9-15)10-11-19-16-5-3-1-2-4-14(16)12-18/h6-9,14,16,19H,1-5,10-11H2. The highest BCUT2D eigenvalue weighted by Gasteiger charge is 2.22. The Kier molecular flexibility index (Phi) is 5.69. The van der Waals surface area contributed by atoms with Crippen molar-refractivity contribution in [3.8, 4) is 6.07 Å². The summed E-state index contributed by atoms with van der Waals surface area (Å²) in [7, 11) is 0. The van der Waals surface area contributed by atoms with Gasteiger partial charge in [-0.3, -0.25) is 0 Å². The van der Waals surface area contributed by atoms with E-state index in [-0.39, 0.29) is 5.92 Å². The lowest BCUT2D eigenvalue weighted by molar-refractivity contribution is 0.397. The highest BCUT2D eigenvalue weighted by Crippen LogP contribution is 2.22. The zero-order valence-corrected chi connectivity index (χ0v) is 12.0. The van der Waals surface area contributed by atoms with E-state index >= 15 is 0 Å². The smallest absolute Gasteiger partial charge is 0.0672 e. The fraction of sp³-hybridized carbons (Fsp3) is 0.562. The monoisotopic (exact) mass is 276 g/mol. The van der Waals surface area contributed by atoms with Crippen LogP contribution in [0.5, 0.6) is 0 Å². The zero-order valence-electron chi connectivity index (χ0n) is 11.2. The van der Waals surface area contributed by atoms with Crippen LogP contribution in [-0.4, -0.2) is 12.6 Å². The fourth-order valence-corrected chi connectivity index (χ4v) is 2.89. The summed E-state index contributed by atoms with van der Waals surface area (Å²) in [5.41, 5.74) is 1.29. The van der Waals surface area contributed by atoms with Gasteiger partial charge in [0.05, 0.1) is 12.0 Å². The van der Waals surface area contributed by atoms with E-state index in [1.165, 1.54) is 24.8 Å². The quantitative estimate of drug-likeness (QED) is 0.846. The molecule has 2 unspecified atom stereocenters. The molecule has 0 aromatic heterocycles. The molecule has 2 nitrogen and oxygen atoms in total. The van der Waals surface area contributed by atoms with Gasteiger partial charge in [-0.2, -0.15) is 5.26 Å². The van der Waals surface area contributed by atoms with Crippen LogP contribution in [0.15, 0.2) is 24.3 Å². The average Bonchev–Trinajstić information content (AvgIpc) is 2.66. The minimum atomic E-state index is 0.188.